The number of carbonyl (C=O) groups excluding carboxylic acids is 1. The van der Waals surface area contributed by atoms with Gasteiger partial charge < -0.3 is 10.0 Å². The van der Waals surface area contributed by atoms with Gasteiger partial charge in [-0.15, -0.1) is 11.8 Å². The van der Waals surface area contributed by atoms with E-state index in [1.54, 1.807) is 47.3 Å². The molecule has 0 bridgehead atoms. The van der Waals surface area contributed by atoms with E-state index in [9.17, 15) is 9.90 Å². The molecule has 1 saturated heterocycles. The van der Waals surface area contributed by atoms with Crippen LogP contribution >= 0.6 is 23.4 Å². The number of hydrogen-bond donors (Lipinski definition) is 1. The standard InChI is InChI=1S/C16H15ClN2O2S/c17-12-1-2-14(20)13(9-12)16-19(15(21)5-8-22-16)10-11-3-6-18-7-4-11/h1-4,6-7,9,16,20H,5,8,10H2. The Kier molecular flexibility index (Phi) is 4.55. The summed E-state index contributed by atoms with van der Waals surface area (Å²) in [5, 5.41) is 10.5. The normalized spacial score (nSPS) is 18.5. The average Bonchev–Trinajstić information content (AvgIpc) is 2.53. The summed E-state index contributed by atoms with van der Waals surface area (Å²) in [5.74, 6) is 0.985. The number of halogens is 1. The molecule has 0 saturated carbocycles. The second-order valence-corrected chi connectivity index (χ2v) is 6.68. The number of amides is 1. The number of phenols is 1. The van der Waals surface area contributed by atoms with E-state index in [1.807, 2.05) is 12.1 Å². The number of hydrogen-bond acceptors (Lipinski definition) is 4. The molecule has 1 unspecified atom stereocenters. The zero-order valence-electron chi connectivity index (χ0n) is 11.8. The molecule has 4 nitrogen and oxygen atoms in total. The van der Waals surface area contributed by atoms with E-state index in [2.05, 4.69) is 4.98 Å². The molecule has 1 amide bonds. The number of benzene rings is 1. The smallest absolute Gasteiger partial charge is 0.224 e. The minimum atomic E-state index is -0.229. The van der Waals surface area contributed by atoms with E-state index in [0.29, 0.717) is 23.6 Å². The highest BCUT2D eigenvalue weighted by Crippen LogP contribution is 2.42. The quantitative estimate of drug-likeness (QED) is 0.931. The predicted molar refractivity (Wildman–Crippen MR) is 87.7 cm³/mol. The molecule has 3 rings (SSSR count). The van der Waals surface area contributed by atoms with Crippen LogP contribution in [0.25, 0.3) is 0 Å². The number of carbonyl (C=O) groups is 1. The molecule has 2 aromatic rings. The molecular formula is C16H15ClN2O2S. The van der Waals surface area contributed by atoms with Crippen molar-refractivity contribution in [2.24, 2.45) is 0 Å². The van der Waals surface area contributed by atoms with Crippen LogP contribution in [0.2, 0.25) is 5.02 Å². The zero-order valence-corrected chi connectivity index (χ0v) is 13.3. The van der Waals surface area contributed by atoms with Crippen LogP contribution in [0.15, 0.2) is 42.7 Å². The summed E-state index contributed by atoms with van der Waals surface area (Å²) >= 11 is 7.69. The first-order valence-electron chi connectivity index (χ1n) is 6.93. The van der Waals surface area contributed by atoms with Crippen LogP contribution in [-0.2, 0) is 11.3 Å². The monoisotopic (exact) mass is 334 g/mol. The molecule has 0 spiro atoms. The molecule has 1 N–H and O–H groups in total. The van der Waals surface area contributed by atoms with Crippen LogP contribution in [-0.4, -0.2) is 26.7 Å². The lowest BCUT2D eigenvalue weighted by atomic mass is 10.1. The Morgan fingerprint density at radius 1 is 1.32 bits per heavy atom. The van der Waals surface area contributed by atoms with E-state index in [1.165, 1.54) is 0 Å². The van der Waals surface area contributed by atoms with Gasteiger partial charge in [-0.3, -0.25) is 9.78 Å². The fourth-order valence-corrected chi connectivity index (χ4v) is 3.90. The number of thioether (sulfide) groups is 1. The maximum atomic E-state index is 12.4. The third-order valence-electron chi connectivity index (χ3n) is 3.55. The van der Waals surface area contributed by atoms with Gasteiger partial charge in [0.05, 0.1) is 0 Å². The van der Waals surface area contributed by atoms with Crippen LogP contribution in [0.5, 0.6) is 5.75 Å². The lowest BCUT2D eigenvalue weighted by Crippen LogP contribution is -2.36. The lowest BCUT2D eigenvalue weighted by Gasteiger charge is -2.35. The number of rotatable bonds is 3. The van der Waals surface area contributed by atoms with Crippen molar-refractivity contribution in [3.8, 4) is 5.75 Å². The third-order valence-corrected chi connectivity index (χ3v) is 5.05. The average molecular weight is 335 g/mol. The van der Waals surface area contributed by atoms with Crippen molar-refractivity contribution in [2.75, 3.05) is 5.75 Å². The highest BCUT2D eigenvalue weighted by molar-refractivity contribution is 7.99. The van der Waals surface area contributed by atoms with E-state index in [4.69, 9.17) is 11.6 Å². The maximum absolute atomic E-state index is 12.4. The molecule has 0 aliphatic carbocycles. The fraction of sp³-hybridized carbons (Fsp3) is 0.250. The summed E-state index contributed by atoms with van der Waals surface area (Å²) in [6, 6.07) is 8.72. The van der Waals surface area contributed by atoms with Crippen LogP contribution in [0.3, 0.4) is 0 Å². The number of nitrogens with zero attached hydrogens (tertiary/aromatic N) is 2. The van der Waals surface area contributed by atoms with Gasteiger partial charge >= 0.3 is 0 Å². The van der Waals surface area contributed by atoms with Gasteiger partial charge in [-0.25, -0.2) is 0 Å². The van der Waals surface area contributed by atoms with Gasteiger partial charge in [-0.2, -0.15) is 0 Å². The second-order valence-electron chi connectivity index (χ2n) is 5.05. The molecule has 1 aromatic heterocycles. The Morgan fingerprint density at radius 2 is 2.09 bits per heavy atom. The first-order valence-corrected chi connectivity index (χ1v) is 8.36. The first-order chi connectivity index (χ1) is 10.6. The van der Waals surface area contributed by atoms with Crippen molar-refractivity contribution in [1.82, 2.24) is 9.88 Å². The van der Waals surface area contributed by atoms with Crippen molar-refractivity contribution >= 4 is 29.3 Å². The second kappa shape index (κ2) is 6.58. The van der Waals surface area contributed by atoms with E-state index < -0.39 is 0 Å². The predicted octanol–water partition coefficient (Wildman–Crippen LogP) is 3.60. The van der Waals surface area contributed by atoms with E-state index in [-0.39, 0.29) is 17.0 Å². The number of pyridine rings is 1. The number of aromatic nitrogens is 1. The highest BCUT2D eigenvalue weighted by Gasteiger charge is 2.31. The molecule has 1 atom stereocenters. The topological polar surface area (TPSA) is 53.4 Å². The highest BCUT2D eigenvalue weighted by atomic mass is 35.5. The maximum Gasteiger partial charge on any atom is 0.224 e. The van der Waals surface area contributed by atoms with Crippen molar-refractivity contribution in [3.05, 3.63) is 58.9 Å². The summed E-state index contributed by atoms with van der Waals surface area (Å²) in [4.78, 5) is 18.1. The molecular weight excluding hydrogens is 320 g/mol. The van der Waals surface area contributed by atoms with E-state index in [0.717, 1.165) is 11.3 Å². The SMILES string of the molecule is O=C1CCSC(c2cc(Cl)ccc2O)N1Cc1ccncc1. The minimum Gasteiger partial charge on any atom is -0.508 e. The summed E-state index contributed by atoms with van der Waals surface area (Å²) < 4.78 is 0. The van der Waals surface area contributed by atoms with E-state index >= 15 is 0 Å². The fourth-order valence-electron chi connectivity index (χ4n) is 2.46. The summed E-state index contributed by atoms with van der Waals surface area (Å²) in [7, 11) is 0. The zero-order chi connectivity index (χ0) is 15.5. The van der Waals surface area contributed by atoms with Gasteiger partial charge in [0, 0.05) is 41.7 Å². The van der Waals surface area contributed by atoms with Crippen molar-refractivity contribution in [2.45, 2.75) is 18.3 Å². The molecule has 2 heterocycles. The van der Waals surface area contributed by atoms with Crippen molar-refractivity contribution < 1.29 is 9.90 Å². The molecule has 1 aromatic carbocycles. The lowest BCUT2D eigenvalue weighted by molar-refractivity contribution is -0.132. The first kappa shape index (κ1) is 15.2. The summed E-state index contributed by atoms with van der Waals surface area (Å²) in [6.07, 6.45) is 3.93. The van der Waals surface area contributed by atoms with Gasteiger partial charge in [0.1, 0.15) is 11.1 Å². The summed E-state index contributed by atoms with van der Waals surface area (Å²) in [6.45, 7) is 0.491. The number of phenolic OH excluding ortho intramolecular Hbond substituents is 1. The van der Waals surface area contributed by atoms with Gasteiger partial charge in [0.25, 0.3) is 0 Å². The molecule has 1 aliphatic rings. The minimum absolute atomic E-state index is 0.0833. The molecule has 114 valence electrons. The van der Waals surface area contributed by atoms with Crippen molar-refractivity contribution in [3.63, 3.8) is 0 Å². The molecule has 22 heavy (non-hydrogen) atoms. The molecule has 1 fully saturated rings. The van der Waals surface area contributed by atoms with Crippen LogP contribution < -0.4 is 0 Å². The Balaban J connectivity index is 1.93. The molecule has 0 radical (unpaired) electrons. The molecule has 6 heteroatoms. The Bertz CT molecular complexity index is 681. The number of aromatic hydroxyl groups is 1. The van der Waals surface area contributed by atoms with Crippen molar-refractivity contribution in [1.29, 1.82) is 0 Å². The Labute approximate surface area is 138 Å². The van der Waals surface area contributed by atoms with Gasteiger partial charge in [-0.1, -0.05) is 11.6 Å². The van der Waals surface area contributed by atoms with Gasteiger partial charge in [-0.05, 0) is 35.9 Å². The van der Waals surface area contributed by atoms with Crippen LogP contribution in [0.1, 0.15) is 22.9 Å². The van der Waals surface area contributed by atoms with Gasteiger partial charge in [0.2, 0.25) is 5.91 Å². The molecule has 1 aliphatic heterocycles. The van der Waals surface area contributed by atoms with Gasteiger partial charge in [0.15, 0.2) is 0 Å². The Hall–Kier alpha value is -1.72. The van der Waals surface area contributed by atoms with Crippen LogP contribution in [0, 0.1) is 0 Å². The Morgan fingerprint density at radius 3 is 2.86 bits per heavy atom. The third kappa shape index (κ3) is 3.20. The summed E-state index contributed by atoms with van der Waals surface area (Å²) in [5.41, 5.74) is 1.69. The largest absolute Gasteiger partial charge is 0.508 e. The van der Waals surface area contributed by atoms with Crippen LogP contribution in [0.4, 0.5) is 0 Å².